The molecule has 2 aromatic rings. The van der Waals surface area contributed by atoms with Crippen LogP contribution >= 0.6 is 0 Å². The summed E-state index contributed by atoms with van der Waals surface area (Å²) in [6.07, 6.45) is 4.09. The summed E-state index contributed by atoms with van der Waals surface area (Å²) in [6, 6.07) is 9.92. The van der Waals surface area contributed by atoms with E-state index in [0.717, 1.165) is 39.3 Å². The van der Waals surface area contributed by atoms with Crippen molar-refractivity contribution >= 4 is 0 Å². The highest BCUT2D eigenvalue weighted by Gasteiger charge is 2.31. The second-order valence-electron chi connectivity index (χ2n) is 11.8. The lowest BCUT2D eigenvalue weighted by molar-refractivity contribution is 0.282. The van der Waals surface area contributed by atoms with Crippen LogP contribution < -0.4 is 0 Å². The molecular weight excluding hydrogens is 388 g/mol. The lowest BCUT2D eigenvalue weighted by Gasteiger charge is -2.26. The first-order valence-corrected chi connectivity index (χ1v) is 12.0. The van der Waals surface area contributed by atoms with E-state index in [1.54, 1.807) is 0 Å². The summed E-state index contributed by atoms with van der Waals surface area (Å²) in [7, 11) is 0. The van der Waals surface area contributed by atoms with Gasteiger partial charge in [0.1, 0.15) is 0 Å². The third kappa shape index (κ3) is 4.36. The van der Waals surface area contributed by atoms with Gasteiger partial charge in [-0.25, -0.2) is 0 Å². The fraction of sp³-hybridized carbons (Fsp3) is 0.467. The van der Waals surface area contributed by atoms with Crippen LogP contribution in [0.15, 0.2) is 49.6 Å². The van der Waals surface area contributed by atoms with Crippen LogP contribution in [0.5, 0.6) is 0 Å². The molecule has 0 atom stereocenters. The van der Waals surface area contributed by atoms with Crippen LogP contribution in [0, 0.1) is 0 Å². The van der Waals surface area contributed by atoms with Gasteiger partial charge in [-0.2, -0.15) is 0 Å². The molecule has 0 spiro atoms. The van der Waals surface area contributed by atoms with Gasteiger partial charge in [-0.1, -0.05) is 78.0 Å². The van der Waals surface area contributed by atoms with Crippen molar-refractivity contribution in [2.24, 2.45) is 0 Å². The SMILES string of the molecule is C=CCN1Cc2cc(C(C)(C)C)cc3c2-c2c(cc(C(C)(C)C)cc2CN(CC=C)C3)C1. The van der Waals surface area contributed by atoms with E-state index in [4.69, 9.17) is 0 Å². The van der Waals surface area contributed by atoms with Gasteiger partial charge in [-0.05, 0) is 55.3 Å². The fourth-order valence-corrected chi connectivity index (χ4v) is 5.24. The lowest BCUT2D eigenvalue weighted by atomic mass is 9.79. The van der Waals surface area contributed by atoms with Crippen molar-refractivity contribution in [1.82, 2.24) is 9.80 Å². The molecule has 2 heteroatoms. The van der Waals surface area contributed by atoms with Gasteiger partial charge in [0, 0.05) is 39.3 Å². The van der Waals surface area contributed by atoms with E-state index >= 15 is 0 Å². The van der Waals surface area contributed by atoms with Crippen molar-refractivity contribution in [1.29, 1.82) is 0 Å². The van der Waals surface area contributed by atoms with Gasteiger partial charge in [-0.3, -0.25) is 9.80 Å². The molecule has 0 saturated heterocycles. The molecule has 0 aromatic heterocycles. The number of rotatable bonds is 4. The van der Waals surface area contributed by atoms with Crippen LogP contribution in [-0.4, -0.2) is 22.9 Å². The molecule has 0 saturated carbocycles. The van der Waals surface area contributed by atoms with Gasteiger partial charge in [0.25, 0.3) is 0 Å². The van der Waals surface area contributed by atoms with Crippen LogP contribution in [0.25, 0.3) is 11.1 Å². The van der Waals surface area contributed by atoms with Gasteiger partial charge < -0.3 is 0 Å². The minimum Gasteiger partial charge on any atom is -0.291 e. The summed E-state index contributed by atoms with van der Waals surface area (Å²) in [5.41, 5.74) is 12.0. The van der Waals surface area contributed by atoms with Gasteiger partial charge in [0.2, 0.25) is 0 Å². The van der Waals surface area contributed by atoms with E-state index in [-0.39, 0.29) is 10.8 Å². The highest BCUT2D eigenvalue weighted by atomic mass is 15.1. The second kappa shape index (κ2) is 8.32. The molecule has 0 bridgehead atoms. The largest absolute Gasteiger partial charge is 0.291 e. The quantitative estimate of drug-likeness (QED) is 0.486. The summed E-state index contributed by atoms with van der Waals surface area (Å²) < 4.78 is 0. The lowest BCUT2D eigenvalue weighted by Crippen LogP contribution is -2.25. The van der Waals surface area contributed by atoms with Crippen LogP contribution in [0.3, 0.4) is 0 Å². The third-order valence-corrected chi connectivity index (χ3v) is 6.94. The van der Waals surface area contributed by atoms with Crippen molar-refractivity contribution in [2.75, 3.05) is 13.1 Å². The molecule has 0 aliphatic carbocycles. The average molecular weight is 429 g/mol. The second-order valence-corrected chi connectivity index (χ2v) is 11.8. The smallest absolute Gasteiger partial charge is 0.0246 e. The Morgan fingerprint density at radius 2 is 0.906 bits per heavy atom. The maximum Gasteiger partial charge on any atom is 0.0246 e. The summed E-state index contributed by atoms with van der Waals surface area (Å²) >= 11 is 0. The standard InChI is InChI=1S/C30H40N2/c1-9-11-31-17-21-13-25(29(3,4)5)15-23-19-32(12-10-2)20-24-16-26(30(6,7)8)14-22(18-31)28(24)27(21)23/h9-10,13-16H,1-2,11-12,17-20H2,3-8H3. The molecule has 0 amide bonds. The molecule has 0 radical (unpaired) electrons. The topological polar surface area (TPSA) is 6.48 Å². The average Bonchev–Trinajstić information content (AvgIpc) is 2.93. The highest BCUT2D eigenvalue weighted by molar-refractivity contribution is 5.79. The first-order valence-electron chi connectivity index (χ1n) is 12.0. The van der Waals surface area contributed by atoms with E-state index in [2.05, 4.69) is 88.8 Å². The van der Waals surface area contributed by atoms with Gasteiger partial charge in [0.15, 0.2) is 0 Å². The molecule has 4 rings (SSSR count). The summed E-state index contributed by atoms with van der Waals surface area (Å²) in [4.78, 5) is 5.10. The molecule has 0 unspecified atom stereocenters. The molecular formula is C30H40N2. The normalized spacial score (nSPS) is 16.8. The van der Waals surface area contributed by atoms with Crippen LogP contribution in [0.4, 0.5) is 0 Å². The Kier molecular flexibility index (Phi) is 5.98. The molecule has 170 valence electrons. The van der Waals surface area contributed by atoms with E-state index in [1.807, 2.05) is 12.2 Å². The highest BCUT2D eigenvalue weighted by Crippen LogP contribution is 2.44. The maximum atomic E-state index is 4.05. The van der Waals surface area contributed by atoms with Crippen LogP contribution in [-0.2, 0) is 37.0 Å². The predicted molar refractivity (Wildman–Crippen MR) is 138 cm³/mol. The Bertz CT molecular complexity index is 906. The minimum absolute atomic E-state index is 0.123. The third-order valence-electron chi connectivity index (χ3n) is 6.94. The van der Waals surface area contributed by atoms with Crippen molar-refractivity contribution in [3.05, 3.63) is 83.0 Å². The predicted octanol–water partition coefficient (Wildman–Crippen LogP) is 6.95. The molecule has 0 N–H and O–H groups in total. The Morgan fingerprint density at radius 3 is 1.12 bits per heavy atom. The van der Waals surface area contributed by atoms with Crippen molar-refractivity contribution < 1.29 is 0 Å². The molecule has 32 heavy (non-hydrogen) atoms. The Balaban J connectivity index is 2.04. The van der Waals surface area contributed by atoms with Gasteiger partial charge in [0.05, 0.1) is 0 Å². The Morgan fingerprint density at radius 1 is 0.625 bits per heavy atom. The van der Waals surface area contributed by atoms with Crippen molar-refractivity contribution in [3.63, 3.8) is 0 Å². The van der Waals surface area contributed by atoms with Gasteiger partial charge in [-0.15, -0.1) is 13.2 Å². The maximum absolute atomic E-state index is 4.05. The molecule has 2 nitrogen and oxygen atoms in total. The van der Waals surface area contributed by atoms with Crippen molar-refractivity contribution in [2.45, 2.75) is 78.6 Å². The molecule has 2 aliphatic heterocycles. The first-order chi connectivity index (χ1) is 15.0. The number of nitrogens with zero attached hydrogens (tertiary/aromatic N) is 2. The van der Waals surface area contributed by atoms with E-state index in [0.29, 0.717) is 0 Å². The summed E-state index contributed by atoms with van der Waals surface area (Å²) in [5.74, 6) is 0. The molecule has 0 fully saturated rings. The fourth-order valence-electron chi connectivity index (χ4n) is 5.24. The van der Waals surface area contributed by atoms with Gasteiger partial charge >= 0.3 is 0 Å². The zero-order valence-electron chi connectivity index (χ0n) is 21.0. The zero-order chi connectivity index (χ0) is 23.3. The summed E-state index contributed by atoms with van der Waals surface area (Å²) in [6.45, 7) is 27.8. The van der Waals surface area contributed by atoms with E-state index < -0.39 is 0 Å². The zero-order valence-corrected chi connectivity index (χ0v) is 21.0. The first kappa shape index (κ1) is 23.0. The summed E-state index contributed by atoms with van der Waals surface area (Å²) in [5, 5.41) is 0. The molecule has 2 aliphatic rings. The monoisotopic (exact) mass is 428 g/mol. The minimum atomic E-state index is 0.123. The molecule has 2 aromatic carbocycles. The van der Waals surface area contributed by atoms with E-state index in [9.17, 15) is 0 Å². The van der Waals surface area contributed by atoms with Crippen molar-refractivity contribution in [3.8, 4) is 11.1 Å². The van der Waals surface area contributed by atoms with Crippen LogP contribution in [0.2, 0.25) is 0 Å². The Labute approximate surface area is 195 Å². The van der Waals surface area contributed by atoms with Crippen LogP contribution in [0.1, 0.15) is 74.9 Å². The Hall–Kier alpha value is -2.16. The number of hydrogen-bond donors (Lipinski definition) is 0. The molecule has 2 heterocycles. The number of benzene rings is 2. The van der Waals surface area contributed by atoms with E-state index in [1.165, 1.54) is 44.5 Å². The number of hydrogen-bond acceptors (Lipinski definition) is 2.